The molecule has 158 valence electrons. The van der Waals surface area contributed by atoms with Crippen molar-refractivity contribution in [3.63, 3.8) is 0 Å². The Morgan fingerprint density at radius 3 is 2.31 bits per heavy atom. The van der Waals surface area contributed by atoms with Gasteiger partial charge in [0.2, 0.25) is 0 Å². The zero-order valence-corrected chi connectivity index (χ0v) is 18.3. The summed E-state index contributed by atoms with van der Waals surface area (Å²) in [6, 6.07) is 29.0. The highest BCUT2D eigenvalue weighted by atomic mass is 16.5. The van der Waals surface area contributed by atoms with Gasteiger partial charge in [-0.25, -0.2) is 0 Å². The summed E-state index contributed by atoms with van der Waals surface area (Å²) in [5, 5.41) is 0. The van der Waals surface area contributed by atoms with E-state index in [9.17, 15) is 0 Å². The van der Waals surface area contributed by atoms with Crippen molar-refractivity contribution in [2.24, 2.45) is 0 Å². The molecule has 1 aliphatic rings. The summed E-state index contributed by atoms with van der Waals surface area (Å²) in [6.45, 7) is 2.94. The van der Waals surface area contributed by atoms with Crippen molar-refractivity contribution in [3.8, 4) is 33.9 Å². The van der Waals surface area contributed by atoms with Crippen molar-refractivity contribution in [2.75, 3.05) is 18.6 Å². The second kappa shape index (κ2) is 8.60. The van der Waals surface area contributed by atoms with Crippen LogP contribution in [0.4, 0.5) is 5.69 Å². The minimum Gasteiger partial charge on any atom is -0.457 e. The van der Waals surface area contributed by atoms with E-state index in [2.05, 4.69) is 89.7 Å². The first-order valence-corrected chi connectivity index (χ1v) is 10.7. The molecule has 1 aliphatic heterocycles. The van der Waals surface area contributed by atoms with Crippen LogP contribution in [0.1, 0.15) is 5.56 Å². The van der Waals surface area contributed by atoms with Crippen LogP contribution in [0.15, 0.2) is 104 Å². The monoisotopic (exact) mass is 419 g/mol. The minimum atomic E-state index is 0.788. The number of benzene rings is 3. The first kappa shape index (κ1) is 19.9. The Balaban J connectivity index is 1.38. The van der Waals surface area contributed by atoms with Gasteiger partial charge >= 0.3 is 0 Å². The molecule has 2 heterocycles. The van der Waals surface area contributed by atoms with E-state index >= 15 is 0 Å². The van der Waals surface area contributed by atoms with Gasteiger partial charge in [-0.05, 0) is 54.4 Å². The summed E-state index contributed by atoms with van der Waals surface area (Å²) in [5.74, 6) is 1.60. The highest BCUT2D eigenvalue weighted by Crippen LogP contribution is 2.31. The molecule has 1 aromatic heterocycles. The molecular weight excluding hydrogens is 394 g/mol. The molecule has 0 bridgehead atoms. The molecule has 4 aromatic rings. The third kappa shape index (κ3) is 4.35. The molecule has 0 spiro atoms. The Hall–Kier alpha value is -4.05. The summed E-state index contributed by atoms with van der Waals surface area (Å²) in [6.07, 6.45) is 6.00. The van der Waals surface area contributed by atoms with Crippen LogP contribution in [0.25, 0.3) is 22.4 Å². The van der Waals surface area contributed by atoms with Crippen LogP contribution < -0.4 is 9.64 Å². The van der Waals surface area contributed by atoms with Gasteiger partial charge in [-0.1, -0.05) is 48.0 Å². The second-order valence-electron chi connectivity index (χ2n) is 8.09. The van der Waals surface area contributed by atoms with Crippen LogP contribution in [0.5, 0.6) is 11.5 Å². The Bertz CT molecular complexity index is 1260. The summed E-state index contributed by atoms with van der Waals surface area (Å²) in [5.41, 5.74) is 6.64. The summed E-state index contributed by atoms with van der Waals surface area (Å²) in [7, 11) is 2.06. The number of ether oxygens (including phenoxy) is 1. The van der Waals surface area contributed by atoms with Crippen LogP contribution in [0.3, 0.4) is 0 Å². The second-order valence-corrected chi connectivity index (χ2v) is 8.09. The number of aromatic nitrogens is 1. The summed E-state index contributed by atoms with van der Waals surface area (Å²) in [4.78, 5) is 8.92. The van der Waals surface area contributed by atoms with Crippen molar-refractivity contribution in [1.29, 1.82) is 0 Å². The van der Waals surface area contributed by atoms with Gasteiger partial charge in [0, 0.05) is 43.0 Å². The molecule has 0 radical (unpaired) electrons. The molecule has 0 aliphatic carbocycles. The Morgan fingerprint density at radius 1 is 0.750 bits per heavy atom. The van der Waals surface area contributed by atoms with Gasteiger partial charge in [-0.3, -0.25) is 4.98 Å². The smallest absolute Gasteiger partial charge is 0.129 e. The van der Waals surface area contributed by atoms with Crippen molar-refractivity contribution in [3.05, 3.63) is 109 Å². The fraction of sp³-hybridized carbons (Fsp3) is 0.107. The van der Waals surface area contributed by atoms with Crippen LogP contribution in [0.2, 0.25) is 0 Å². The van der Waals surface area contributed by atoms with Crippen molar-refractivity contribution in [1.82, 2.24) is 9.88 Å². The maximum absolute atomic E-state index is 6.20. The first-order valence-electron chi connectivity index (χ1n) is 10.7. The molecule has 0 atom stereocenters. The van der Waals surface area contributed by atoms with Gasteiger partial charge in [0.1, 0.15) is 11.5 Å². The molecular formula is C28H25N3O. The highest BCUT2D eigenvalue weighted by Gasteiger charge is 2.11. The van der Waals surface area contributed by atoms with Gasteiger partial charge in [0.15, 0.2) is 0 Å². The predicted molar refractivity (Wildman–Crippen MR) is 131 cm³/mol. The van der Waals surface area contributed by atoms with Gasteiger partial charge in [0.25, 0.3) is 0 Å². The molecule has 0 N–H and O–H groups in total. The van der Waals surface area contributed by atoms with Crippen molar-refractivity contribution >= 4 is 5.69 Å². The van der Waals surface area contributed by atoms with Gasteiger partial charge in [-0.15, -0.1) is 0 Å². The van der Waals surface area contributed by atoms with E-state index in [1.54, 1.807) is 0 Å². The molecule has 0 fully saturated rings. The number of nitrogens with zero attached hydrogens (tertiary/aromatic N) is 3. The van der Waals surface area contributed by atoms with Crippen LogP contribution >= 0.6 is 0 Å². The topological polar surface area (TPSA) is 28.6 Å². The number of hydrogen-bond acceptors (Lipinski definition) is 4. The standard InChI is InChI=1S/C28H25N3O/c1-21-9-11-22(12-10-21)23-13-14-29-28(18-23)24-5-3-7-26(17-24)32-27-8-4-6-25(19-27)31-16-15-30(2)20-31/h3-19H,20H2,1-2H3. The molecule has 3 aromatic carbocycles. The number of pyridine rings is 1. The largest absolute Gasteiger partial charge is 0.457 e. The molecule has 0 unspecified atom stereocenters. The van der Waals surface area contributed by atoms with E-state index < -0.39 is 0 Å². The normalized spacial score (nSPS) is 12.9. The molecule has 0 amide bonds. The van der Waals surface area contributed by atoms with E-state index in [1.807, 2.05) is 42.6 Å². The predicted octanol–water partition coefficient (Wildman–Crippen LogP) is 6.70. The maximum Gasteiger partial charge on any atom is 0.129 e. The third-order valence-electron chi connectivity index (χ3n) is 5.54. The van der Waals surface area contributed by atoms with Crippen molar-refractivity contribution in [2.45, 2.75) is 6.92 Å². The molecule has 4 nitrogen and oxygen atoms in total. The van der Waals surface area contributed by atoms with E-state index in [-0.39, 0.29) is 0 Å². The fourth-order valence-electron chi connectivity index (χ4n) is 3.79. The van der Waals surface area contributed by atoms with Crippen LogP contribution in [-0.2, 0) is 0 Å². The lowest BCUT2D eigenvalue weighted by molar-refractivity contribution is 0.481. The lowest BCUT2D eigenvalue weighted by Gasteiger charge is -2.19. The van der Waals surface area contributed by atoms with Crippen LogP contribution in [0, 0.1) is 6.92 Å². The number of anilines is 1. The Labute approximate surface area is 189 Å². The highest BCUT2D eigenvalue weighted by molar-refractivity contribution is 5.71. The minimum absolute atomic E-state index is 0.788. The molecule has 32 heavy (non-hydrogen) atoms. The van der Waals surface area contributed by atoms with E-state index in [0.717, 1.165) is 40.7 Å². The van der Waals surface area contributed by atoms with E-state index in [1.165, 1.54) is 11.1 Å². The van der Waals surface area contributed by atoms with Crippen molar-refractivity contribution < 1.29 is 4.74 Å². The number of rotatable bonds is 5. The summed E-state index contributed by atoms with van der Waals surface area (Å²) >= 11 is 0. The molecule has 5 rings (SSSR count). The van der Waals surface area contributed by atoms with E-state index in [0.29, 0.717) is 0 Å². The van der Waals surface area contributed by atoms with Crippen LogP contribution in [-0.4, -0.2) is 23.6 Å². The quantitative estimate of drug-likeness (QED) is 0.360. The van der Waals surface area contributed by atoms with Gasteiger partial charge in [0.05, 0.1) is 12.4 Å². The number of hydrogen-bond donors (Lipinski definition) is 0. The molecule has 0 saturated carbocycles. The first-order chi connectivity index (χ1) is 15.6. The maximum atomic E-state index is 6.20. The number of aryl methyl sites for hydroxylation is 1. The lowest BCUT2D eigenvalue weighted by Crippen LogP contribution is -2.21. The van der Waals surface area contributed by atoms with Gasteiger partial charge < -0.3 is 14.5 Å². The van der Waals surface area contributed by atoms with Gasteiger partial charge in [-0.2, -0.15) is 0 Å². The Kier molecular flexibility index (Phi) is 5.34. The SMILES string of the molecule is Cc1ccc(-c2ccnc(-c3cccc(Oc4cccc(N5C=CN(C)C5)c4)c3)c2)cc1. The zero-order valence-electron chi connectivity index (χ0n) is 18.3. The lowest BCUT2D eigenvalue weighted by atomic mass is 10.0. The fourth-order valence-corrected chi connectivity index (χ4v) is 3.79. The molecule has 4 heteroatoms. The zero-order chi connectivity index (χ0) is 21.9. The average Bonchev–Trinajstić information content (AvgIpc) is 3.26. The Morgan fingerprint density at radius 2 is 1.53 bits per heavy atom. The average molecular weight is 420 g/mol. The molecule has 0 saturated heterocycles. The third-order valence-corrected chi connectivity index (χ3v) is 5.54. The van der Waals surface area contributed by atoms with E-state index in [4.69, 9.17) is 4.74 Å². The summed E-state index contributed by atoms with van der Waals surface area (Å²) < 4.78 is 6.20.